The number of carbonyl (C=O) groups excluding carboxylic acids is 2. The Bertz CT molecular complexity index is 1640. The van der Waals surface area contributed by atoms with E-state index in [4.69, 9.17) is 4.74 Å². The molecule has 3 aromatic heterocycles. The molecule has 0 saturated carbocycles. The summed E-state index contributed by atoms with van der Waals surface area (Å²) in [5, 5.41) is 2.71. The maximum atomic E-state index is 13.1. The zero-order valence-corrected chi connectivity index (χ0v) is 27.8. The van der Waals surface area contributed by atoms with Crippen LogP contribution < -0.4 is 20.1 Å². The topological polar surface area (TPSA) is 88.0 Å². The Kier molecular flexibility index (Phi) is 12.0. The molecule has 0 aliphatic carbocycles. The molecule has 1 aromatic carbocycles. The maximum Gasteiger partial charge on any atom is 0.259 e. The van der Waals surface area contributed by atoms with Crippen molar-refractivity contribution in [2.45, 2.75) is 40.3 Å². The lowest BCUT2D eigenvalue weighted by Gasteiger charge is -2.27. The van der Waals surface area contributed by atoms with Gasteiger partial charge in [-0.05, 0) is 74.5 Å². The van der Waals surface area contributed by atoms with Crippen LogP contribution in [-0.2, 0) is 22.7 Å². The lowest BCUT2D eigenvalue weighted by atomic mass is 9.90. The van der Waals surface area contributed by atoms with Crippen molar-refractivity contribution in [3.05, 3.63) is 82.4 Å². The van der Waals surface area contributed by atoms with Crippen LogP contribution in [-0.4, -0.2) is 59.6 Å². The summed E-state index contributed by atoms with van der Waals surface area (Å²) in [5.74, 6) is 0.194. The molecule has 0 radical (unpaired) electrons. The molecule has 4 aromatic rings. The van der Waals surface area contributed by atoms with Gasteiger partial charge in [0, 0.05) is 69.1 Å². The van der Waals surface area contributed by atoms with Gasteiger partial charge in [-0.3, -0.25) is 24.3 Å². The van der Waals surface area contributed by atoms with Crippen molar-refractivity contribution in [3.63, 3.8) is 0 Å². The van der Waals surface area contributed by atoms with Crippen molar-refractivity contribution in [2.24, 2.45) is 5.41 Å². The summed E-state index contributed by atoms with van der Waals surface area (Å²) in [6, 6.07) is 13.5. The van der Waals surface area contributed by atoms with Gasteiger partial charge < -0.3 is 19.1 Å². The number of fused-ring (bicyclic) bond motifs is 2. The first-order valence-corrected chi connectivity index (χ1v) is 15.1. The molecule has 5 rings (SSSR count). The van der Waals surface area contributed by atoms with Crippen LogP contribution in [0.25, 0.3) is 10.1 Å². The summed E-state index contributed by atoms with van der Waals surface area (Å²) >= 11 is 1.58. The highest BCUT2D eigenvalue weighted by molar-refractivity contribution is 7.17. The van der Waals surface area contributed by atoms with E-state index >= 15 is 0 Å². The molecule has 1 aliphatic rings. The predicted octanol–water partition coefficient (Wildman–Crippen LogP) is 5.63. The van der Waals surface area contributed by atoms with E-state index in [0.29, 0.717) is 43.4 Å². The number of pyridine rings is 2. The molecule has 0 N–H and O–H groups in total. The molecule has 12 heteroatoms. The molecular weight excluding hydrogens is 621 g/mol. The van der Waals surface area contributed by atoms with E-state index in [2.05, 4.69) is 9.88 Å². The monoisotopic (exact) mass is 659 g/mol. The highest BCUT2D eigenvalue weighted by atomic mass is 35.5. The molecule has 0 fully saturated rings. The molecule has 2 amide bonds. The molecule has 0 spiro atoms. The molecule has 236 valence electrons. The Balaban J connectivity index is 0.00000264. The summed E-state index contributed by atoms with van der Waals surface area (Å²) in [6.07, 6.45) is 6.23. The number of amides is 2. The SMILES string of the molecule is CCN1C(=O)C(C)(C)C(=O)N(C)c2cc(OCCCN(CCn3ccc4sccc4c3=O)Cc3ccncc3)ccc21.Cl.Cl. The summed E-state index contributed by atoms with van der Waals surface area (Å²) in [7, 11) is 1.71. The third-order valence-electron chi connectivity index (χ3n) is 7.83. The van der Waals surface area contributed by atoms with Crippen LogP contribution in [0.3, 0.4) is 0 Å². The fourth-order valence-electron chi connectivity index (χ4n) is 5.40. The summed E-state index contributed by atoms with van der Waals surface area (Å²) in [4.78, 5) is 48.9. The number of hydrogen-bond donors (Lipinski definition) is 0. The van der Waals surface area contributed by atoms with Crippen molar-refractivity contribution >= 4 is 69.4 Å². The number of rotatable bonds is 11. The van der Waals surface area contributed by atoms with Gasteiger partial charge in [0.25, 0.3) is 5.56 Å². The molecule has 0 unspecified atom stereocenters. The van der Waals surface area contributed by atoms with Crippen molar-refractivity contribution in [3.8, 4) is 5.75 Å². The second-order valence-corrected chi connectivity index (χ2v) is 12.0. The number of anilines is 2. The van der Waals surface area contributed by atoms with E-state index in [9.17, 15) is 14.4 Å². The lowest BCUT2D eigenvalue weighted by molar-refractivity contribution is -0.137. The Morgan fingerprint density at radius 1 is 0.955 bits per heavy atom. The van der Waals surface area contributed by atoms with E-state index in [1.165, 1.54) is 0 Å². The van der Waals surface area contributed by atoms with Crippen LogP contribution in [0.4, 0.5) is 11.4 Å². The van der Waals surface area contributed by atoms with Crippen LogP contribution in [0.2, 0.25) is 0 Å². The quantitative estimate of drug-likeness (QED) is 0.153. The molecule has 44 heavy (non-hydrogen) atoms. The zero-order chi connectivity index (χ0) is 29.9. The molecule has 9 nitrogen and oxygen atoms in total. The summed E-state index contributed by atoms with van der Waals surface area (Å²) < 4.78 is 8.92. The molecule has 4 heterocycles. The van der Waals surface area contributed by atoms with Crippen LogP contribution in [0.15, 0.2) is 71.2 Å². The number of hydrogen-bond acceptors (Lipinski definition) is 7. The first-order chi connectivity index (χ1) is 20.2. The fraction of sp³-hybridized carbons (Fsp3) is 0.375. The van der Waals surface area contributed by atoms with Crippen molar-refractivity contribution in [1.82, 2.24) is 14.5 Å². The second-order valence-electron chi connectivity index (χ2n) is 11.0. The van der Waals surface area contributed by atoms with Crippen molar-refractivity contribution in [1.29, 1.82) is 0 Å². The van der Waals surface area contributed by atoms with E-state index in [1.807, 2.05) is 61.0 Å². The molecule has 0 saturated heterocycles. The highest BCUT2D eigenvalue weighted by Gasteiger charge is 2.45. The highest BCUT2D eigenvalue weighted by Crippen LogP contribution is 2.40. The Morgan fingerprint density at radius 3 is 2.43 bits per heavy atom. The number of halogens is 2. The van der Waals surface area contributed by atoms with Gasteiger partial charge in [-0.2, -0.15) is 0 Å². The van der Waals surface area contributed by atoms with Crippen LogP contribution in [0, 0.1) is 5.41 Å². The van der Waals surface area contributed by atoms with Gasteiger partial charge >= 0.3 is 0 Å². The van der Waals surface area contributed by atoms with Gasteiger partial charge in [-0.25, -0.2) is 0 Å². The fourth-order valence-corrected chi connectivity index (χ4v) is 6.17. The Morgan fingerprint density at radius 2 is 1.70 bits per heavy atom. The van der Waals surface area contributed by atoms with Gasteiger partial charge in [0.15, 0.2) is 0 Å². The van der Waals surface area contributed by atoms with Crippen molar-refractivity contribution < 1.29 is 14.3 Å². The first-order valence-electron chi connectivity index (χ1n) is 14.3. The van der Waals surface area contributed by atoms with Crippen molar-refractivity contribution in [2.75, 3.05) is 43.1 Å². The minimum Gasteiger partial charge on any atom is -0.493 e. The number of nitrogens with zero attached hydrogens (tertiary/aromatic N) is 5. The normalized spacial score (nSPS) is 14.2. The van der Waals surface area contributed by atoms with E-state index in [1.54, 1.807) is 59.0 Å². The van der Waals surface area contributed by atoms with Gasteiger partial charge in [0.1, 0.15) is 11.2 Å². The Labute approximate surface area is 274 Å². The molecule has 0 atom stereocenters. The summed E-state index contributed by atoms with van der Waals surface area (Å²) in [5.41, 5.74) is 1.41. The summed E-state index contributed by atoms with van der Waals surface area (Å²) in [6.45, 7) is 9.01. The average molecular weight is 661 g/mol. The third-order valence-corrected chi connectivity index (χ3v) is 8.71. The Hall–Kier alpha value is -3.44. The predicted molar refractivity (Wildman–Crippen MR) is 182 cm³/mol. The smallest absolute Gasteiger partial charge is 0.259 e. The molecule has 1 aliphatic heterocycles. The van der Waals surface area contributed by atoms with Gasteiger partial charge in [0.05, 0.1) is 23.4 Å². The number of aromatic nitrogens is 2. The lowest BCUT2D eigenvalue weighted by Crippen LogP contribution is -2.47. The first kappa shape index (κ1) is 35.0. The average Bonchev–Trinajstić information content (AvgIpc) is 3.47. The molecule has 0 bridgehead atoms. The van der Waals surface area contributed by atoms with Gasteiger partial charge in [0.2, 0.25) is 11.8 Å². The minimum absolute atomic E-state index is 0. The largest absolute Gasteiger partial charge is 0.493 e. The van der Waals surface area contributed by atoms with Gasteiger partial charge in [-0.15, -0.1) is 36.2 Å². The van der Waals surface area contributed by atoms with Crippen LogP contribution >= 0.6 is 36.2 Å². The number of ether oxygens (including phenoxy) is 1. The van der Waals surface area contributed by atoms with E-state index in [0.717, 1.165) is 35.2 Å². The molecular formula is C32H39Cl2N5O4S. The van der Waals surface area contributed by atoms with E-state index < -0.39 is 5.41 Å². The number of benzene rings is 1. The van der Waals surface area contributed by atoms with Crippen LogP contribution in [0.5, 0.6) is 5.75 Å². The second kappa shape index (κ2) is 15.0. The van der Waals surface area contributed by atoms with E-state index in [-0.39, 0.29) is 42.2 Å². The minimum atomic E-state index is -1.15. The number of carbonyl (C=O) groups is 2. The standard InChI is InChI=1S/C32H37N5O4S.2ClH/c1-5-37-26-8-7-24(21-27(26)34(4)30(39)32(2,3)31(37)40)41-19-6-15-35(22-23-9-13-33-14-10-23)17-18-36-16-11-28-25(29(36)38)12-20-42-28;;/h7-14,16,20-21H,5-6,15,17-19,22H2,1-4H3;2*1H. The number of thiophene rings is 1. The zero-order valence-electron chi connectivity index (χ0n) is 25.4. The third kappa shape index (κ3) is 7.26. The van der Waals surface area contributed by atoms with Crippen LogP contribution in [0.1, 0.15) is 32.8 Å². The van der Waals surface area contributed by atoms with Gasteiger partial charge in [-0.1, -0.05) is 0 Å². The maximum absolute atomic E-state index is 13.1.